The van der Waals surface area contributed by atoms with Crippen LogP contribution in [0, 0.1) is 0 Å². The Morgan fingerprint density at radius 3 is 1.04 bits per heavy atom. The average molecular weight is 358 g/mol. The second-order valence-electron chi connectivity index (χ2n) is 6.62. The number of ether oxygens (including phenoxy) is 4. The van der Waals surface area contributed by atoms with Crippen LogP contribution in [0.25, 0.3) is 0 Å². The molecule has 2 aromatic carbocycles. The first-order chi connectivity index (χ1) is 12.6. The molecule has 0 unspecified atom stereocenters. The van der Waals surface area contributed by atoms with Crippen LogP contribution in [0.2, 0.25) is 0 Å². The Labute approximate surface area is 157 Å². The van der Waals surface area contributed by atoms with Crippen molar-refractivity contribution in [2.24, 2.45) is 0 Å². The van der Waals surface area contributed by atoms with Crippen LogP contribution in [0.4, 0.5) is 0 Å². The van der Waals surface area contributed by atoms with Gasteiger partial charge in [-0.05, 0) is 33.4 Å². The van der Waals surface area contributed by atoms with Gasteiger partial charge in [-0.2, -0.15) is 0 Å². The third-order valence-corrected chi connectivity index (χ3v) is 4.39. The van der Waals surface area contributed by atoms with Gasteiger partial charge >= 0.3 is 0 Å². The molecule has 0 aromatic heterocycles. The van der Waals surface area contributed by atoms with Gasteiger partial charge in [0.05, 0.1) is 26.4 Å². The molecule has 0 aliphatic heterocycles. The van der Waals surface area contributed by atoms with Crippen LogP contribution in [0.15, 0.2) is 36.4 Å². The zero-order chi connectivity index (χ0) is 18.9. The Morgan fingerprint density at radius 1 is 0.538 bits per heavy atom. The summed E-state index contributed by atoms with van der Waals surface area (Å²) in [7, 11) is 6.88. The van der Waals surface area contributed by atoms with E-state index in [9.17, 15) is 0 Å². The summed E-state index contributed by atoms with van der Waals surface area (Å²) in [6.45, 7) is 4.60. The van der Waals surface area contributed by atoms with Crippen molar-refractivity contribution in [1.82, 2.24) is 0 Å². The fourth-order valence-electron chi connectivity index (χ4n) is 3.28. The highest BCUT2D eigenvalue weighted by molar-refractivity contribution is 5.40. The van der Waals surface area contributed by atoms with E-state index in [4.69, 9.17) is 18.9 Å². The molecule has 2 rings (SSSR count). The van der Waals surface area contributed by atoms with Crippen LogP contribution in [-0.4, -0.2) is 28.4 Å². The third-order valence-electron chi connectivity index (χ3n) is 4.39. The van der Waals surface area contributed by atoms with Crippen molar-refractivity contribution in [3.05, 3.63) is 69.8 Å². The average Bonchev–Trinajstić information content (AvgIpc) is 2.62. The number of hydrogen-bond donors (Lipinski definition) is 0. The maximum Gasteiger partial charge on any atom is 0.0713 e. The van der Waals surface area contributed by atoms with Gasteiger partial charge in [-0.15, -0.1) is 0 Å². The maximum absolute atomic E-state index is 5.33. The monoisotopic (exact) mass is 358 g/mol. The normalized spacial score (nSPS) is 11.3. The fourth-order valence-corrected chi connectivity index (χ4v) is 3.28. The molecule has 0 aliphatic rings. The zero-order valence-electron chi connectivity index (χ0n) is 16.5. The number of rotatable bonds is 10. The van der Waals surface area contributed by atoms with Crippen LogP contribution < -0.4 is 0 Å². The molecule has 2 aromatic rings. The lowest BCUT2D eigenvalue weighted by Crippen LogP contribution is -2.03. The zero-order valence-corrected chi connectivity index (χ0v) is 16.5. The first-order valence-corrected chi connectivity index (χ1v) is 8.82. The van der Waals surface area contributed by atoms with Crippen molar-refractivity contribution in [1.29, 1.82) is 0 Å². The lowest BCUT2D eigenvalue weighted by molar-refractivity contribution is 0.179. The van der Waals surface area contributed by atoms with Gasteiger partial charge in [-0.25, -0.2) is 0 Å². The molecule has 0 N–H and O–H groups in total. The van der Waals surface area contributed by atoms with Crippen LogP contribution in [0.1, 0.15) is 46.2 Å². The van der Waals surface area contributed by atoms with Crippen molar-refractivity contribution >= 4 is 0 Å². The number of hydrogen-bond acceptors (Lipinski definition) is 4. The van der Waals surface area contributed by atoms with Gasteiger partial charge in [-0.1, -0.05) is 43.3 Å². The van der Waals surface area contributed by atoms with Crippen LogP contribution in [0.5, 0.6) is 0 Å². The van der Waals surface area contributed by atoms with Gasteiger partial charge in [0.2, 0.25) is 0 Å². The molecule has 0 saturated heterocycles. The van der Waals surface area contributed by atoms with Gasteiger partial charge < -0.3 is 18.9 Å². The third kappa shape index (κ3) is 5.64. The minimum absolute atomic E-state index is 0.245. The standard InChI is InChI=1S/C22H30O4/c1-16(21-8-17(12-23-2)6-18(9-21)13-24-3)22-10-19(14-25-4)7-20(11-22)15-26-5/h6-11,16H,12-15H2,1-5H3. The molecular formula is C22H30O4. The molecule has 0 spiro atoms. The molecule has 4 heteroatoms. The van der Waals surface area contributed by atoms with Crippen molar-refractivity contribution < 1.29 is 18.9 Å². The van der Waals surface area contributed by atoms with Crippen molar-refractivity contribution in [3.8, 4) is 0 Å². The summed E-state index contributed by atoms with van der Waals surface area (Å²) in [5.74, 6) is 0.245. The quantitative estimate of drug-likeness (QED) is 0.630. The molecule has 0 fully saturated rings. The van der Waals surface area contributed by atoms with Crippen molar-refractivity contribution in [2.45, 2.75) is 39.3 Å². The molecule has 0 heterocycles. The first-order valence-electron chi connectivity index (χ1n) is 8.82. The van der Waals surface area contributed by atoms with Crippen LogP contribution in [0.3, 0.4) is 0 Å². The molecule has 4 nitrogen and oxygen atoms in total. The molecule has 0 saturated carbocycles. The first kappa shape index (κ1) is 20.6. The SMILES string of the molecule is COCc1cc(COC)cc(C(C)c2cc(COC)cc(COC)c2)c1. The Hall–Kier alpha value is -1.72. The largest absolute Gasteiger partial charge is 0.380 e. The molecule has 26 heavy (non-hydrogen) atoms. The Balaban J connectivity index is 2.41. The molecule has 0 bridgehead atoms. The summed E-state index contributed by atoms with van der Waals surface area (Å²) in [6.07, 6.45) is 0. The van der Waals surface area contributed by atoms with E-state index < -0.39 is 0 Å². The predicted octanol–water partition coefficient (Wildman–Crippen LogP) is 4.42. The van der Waals surface area contributed by atoms with Crippen LogP contribution in [-0.2, 0) is 45.4 Å². The Morgan fingerprint density at radius 2 is 0.808 bits per heavy atom. The molecule has 0 atom stereocenters. The second-order valence-corrected chi connectivity index (χ2v) is 6.62. The predicted molar refractivity (Wildman–Crippen MR) is 103 cm³/mol. The summed E-state index contributed by atoms with van der Waals surface area (Å²) >= 11 is 0. The van der Waals surface area contributed by atoms with E-state index in [1.165, 1.54) is 11.1 Å². The number of methoxy groups -OCH3 is 4. The fraction of sp³-hybridized carbons (Fsp3) is 0.455. The minimum Gasteiger partial charge on any atom is -0.380 e. The molecule has 0 radical (unpaired) electrons. The molecule has 0 aliphatic carbocycles. The maximum atomic E-state index is 5.33. The van der Waals surface area contributed by atoms with E-state index in [-0.39, 0.29) is 5.92 Å². The van der Waals surface area contributed by atoms with Crippen molar-refractivity contribution in [3.63, 3.8) is 0 Å². The summed E-state index contributed by atoms with van der Waals surface area (Å²) in [6, 6.07) is 13.1. The summed E-state index contributed by atoms with van der Waals surface area (Å²) in [5.41, 5.74) is 7.15. The lowest BCUT2D eigenvalue weighted by atomic mass is 9.89. The van der Waals surface area contributed by atoms with Crippen LogP contribution >= 0.6 is 0 Å². The Bertz CT molecular complexity index is 589. The van der Waals surface area contributed by atoms with E-state index in [0.29, 0.717) is 26.4 Å². The summed E-state index contributed by atoms with van der Waals surface area (Å²) < 4.78 is 21.3. The smallest absolute Gasteiger partial charge is 0.0713 e. The highest BCUT2D eigenvalue weighted by Gasteiger charge is 2.13. The van der Waals surface area contributed by atoms with E-state index in [2.05, 4.69) is 43.3 Å². The second kappa shape index (κ2) is 10.4. The van der Waals surface area contributed by atoms with Gasteiger partial charge in [0.1, 0.15) is 0 Å². The van der Waals surface area contributed by atoms with Gasteiger partial charge in [-0.3, -0.25) is 0 Å². The van der Waals surface area contributed by atoms with Gasteiger partial charge in [0.15, 0.2) is 0 Å². The number of benzene rings is 2. The Kier molecular flexibility index (Phi) is 8.26. The minimum atomic E-state index is 0.245. The topological polar surface area (TPSA) is 36.9 Å². The van der Waals surface area contributed by atoms with Gasteiger partial charge in [0, 0.05) is 34.4 Å². The van der Waals surface area contributed by atoms with E-state index in [1.54, 1.807) is 28.4 Å². The summed E-state index contributed by atoms with van der Waals surface area (Å²) in [4.78, 5) is 0. The van der Waals surface area contributed by atoms with E-state index in [0.717, 1.165) is 22.3 Å². The highest BCUT2D eigenvalue weighted by atomic mass is 16.5. The highest BCUT2D eigenvalue weighted by Crippen LogP contribution is 2.28. The molecular weight excluding hydrogens is 328 g/mol. The van der Waals surface area contributed by atoms with E-state index in [1.807, 2.05) is 0 Å². The van der Waals surface area contributed by atoms with Crippen molar-refractivity contribution in [2.75, 3.05) is 28.4 Å². The lowest BCUT2D eigenvalue weighted by Gasteiger charge is -2.18. The molecule has 142 valence electrons. The molecule has 0 amide bonds. The summed E-state index contributed by atoms with van der Waals surface area (Å²) in [5, 5.41) is 0. The van der Waals surface area contributed by atoms with Gasteiger partial charge in [0.25, 0.3) is 0 Å². The van der Waals surface area contributed by atoms with E-state index >= 15 is 0 Å².